The highest BCUT2D eigenvalue weighted by atomic mass is 32.2. The van der Waals surface area contributed by atoms with Gasteiger partial charge in [0.15, 0.2) is 11.5 Å². The predicted molar refractivity (Wildman–Crippen MR) is 138 cm³/mol. The number of sulfonamides is 2. The van der Waals surface area contributed by atoms with Crippen LogP contribution < -0.4 is 9.44 Å². The second-order valence-corrected chi connectivity index (χ2v) is 11.9. The molecule has 0 aliphatic rings. The zero-order valence-corrected chi connectivity index (χ0v) is 22.1. The third kappa shape index (κ3) is 5.78. The Kier molecular flexibility index (Phi) is 7.48. The number of aromatic nitrogens is 3. The first kappa shape index (κ1) is 27.8. The summed E-state index contributed by atoms with van der Waals surface area (Å²) >= 11 is 0. The van der Waals surface area contributed by atoms with Crippen LogP contribution in [0.2, 0.25) is 0 Å². The first-order valence-corrected chi connectivity index (χ1v) is 14.5. The number of rotatable bonds is 9. The highest BCUT2D eigenvalue weighted by molar-refractivity contribution is 7.92. The minimum absolute atomic E-state index is 0.114. The molecule has 0 aliphatic carbocycles. The zero-order valence-electron chi connectivity index (χ0n) is 20.4. The molecule has 0 spiro atoms. The largest absolute Gasteiger partial charge is 0.287 e. The lowest BCUT2D eigenvalue weighted by Crippen LogP contribution is -2.28. The number of hydrogen-bond donors (Lipinski definition) is 3. The van der Waals surface area contributed by atoms with Crippen molar-refractivity contribution in [3.63, 3.8) is 0 Å². The van der Waals surface area contributed by atoms with Gasteiger partial charge in [-0.25, -0.2) is 35.3 Å². The minimum Gasteiger partial charge on any atom is -0.287 e. The van der Waals surface area contributed by atoms with Crippen LogP contribution in [0.3, 0.4) is 0 Å². The molecule has 0 aliphatic heterocycles. The second-order valence-electron chi connectivity index (χ2n) is 8.41. The molecule has 2 aromatic carbocycles. The van der Waals surface area contributed by atoms with Crippen LogP contribution in [0.15, 0.2) is 53.6 Å². The number of carbonyl (C=O) groups is 2. The van der Waals surface area contributed by atoms with Crippen LogP contribution in [0.5, 0.6) is 0 Å². The standard InChI is InChI=1S/C24H21F2N5O6S2/c1-3-10-38(34,35)31-19-9-8-18(25)20(21(19)26)23(33)22-17-11-15(12-27-24(17)29-28-22)14-4-6-16(7-5-14)39(36,37)30-13(2)32/h4-9,11-12,31H,3,10H2,1-2H3,(H,30,32)(H,27,28,29). The molecule has 0 atom stereocenters. The highest BCUT2D eigenvalue weighted by Crippen LogP contribution is 2.29. The Labute approximate surface area is 221 Å². The number of benzene rings is 2. The van der Waals surface area contributed by atoms with E-state index < -0.39 is 54.6 Å². The Morgan fingerprint density at radius 3 is 2.33 bits per heavy atom. The SMILES string of the molecule is CCCS(=O)(=O)Nc1ccc(F)c(C(=O)c2n[nH]c3ncc(-c4ccc(S(=O)(=O)NC(C)=O)cc4)cc23)c1F. The van der Waals surface area contributed by atoms with Crippen molar-refractivity contribution >= 4 is 48.5 Å². The molecule has 3 N–H and O–H groups in total. The summed E-state index contributed by atoms with van der Waals surface area (Å²) in [6.45, 7) is 2.68. The van der Waals surface area contributed by atoms with E-state index in [0.717, 1.165) is 19.1 Å². The third-order valence-corrected chi connectivity index (χ3v) is 8.39. The molecule has 0 unspecified atom stereocenters. The number of pyridine rings is 1. The van der Waals surface area contributed by atoms with E-state index in [1.807, 2.05) is 9.44 Å². The summed E-state index contributed by atoms with van der Waals surface area (Å²) in [5, 5.41) is 6.50. The maximum Gasteiger partial charge on any atom is 0.264 e. The van der Waals surface area contributed by atoms with Crippen molar-refractivity contribution in [2.24, 2.45) is 0 Å². The van der Waals surface area contributed by atoms with Gasteiger partial charge in [0.05, 0.1) is 27.3 Å². The molecule has 11 nitrogen and oxygen atoms in total. The van der Waals surface area contributed by atoms with E-state index in [4.69, 9.17) is 0 Å². The molecule has 0 bridgehead atoms. The van der Waals surface area contributed by atoms with E-state index in [9.17, 15) is 30.8 Å². The van der Waals surface area contributed by atoms with Gasteiger partial charge in [-0.2, -0.15) is 5.10 Å². The fraction of sp³-hybridized carbons (Fsp3) is 0.167. The number of aromatic amines is 1. The zero-order chi connectivity index (χ0) is 28.5. The summed E-state index contributed by atoms with van der Waals surface area (Å²) in [6, 6.07) is 8.56. The van der Waals surface area contributed by atoms with Crippen molar-refractivity contribution in [2.75, 3.05) is 10.5 Å². The van der Waals surface area contributed by atoms with E-state index in [2.05, 4.69) is 15.2 Å². The van der Waals surface area contributed by atoms with Gasteiger partial charge in [0, 0.05) is 18.7 Å². The number of nitrogens with one attached hydrogen (secondary N) is 3. The lowest BCUT2D eigenvalue weighted by molar-refractivity contribution is -0.117. The number of anilines is 1. The summed E-state index contributed by atoms with van der Waals surface area (Å²) in [5.74, 6) is -4.81. The van der Waals surface area contributed by atoms with E-state index in [1.54, 1.807) is 6.92 Å². The van der Waals surface area contributed by atoms with E-state index in [0.29, 0.717) is 11.1 Å². The topological polar surface area (TPSA) is 168 Å². The molecule has 0 saturated carbocycles. The van der Waals surface area contributed by atoms with Crippen LogP contribution in [0.25, 0.3) is 22.2 Å². The fourth-order valence-electron chi connectivity index (χ4n) is 3.75. The van der Waals surface area contributed by atoms with E-state index >= 15 is 4.39 Å². The molecule has 0 fully saturated rings. The Morgan fingerprint density at radius 2 is 1.69 bits per heavy atom. The van der Waals surface area contributed by atoms with E-state index in [-0.39, 0.29) is 33.8 Å². The summed E-state index contributed by atoms with van der Waals surface area (Å²) < 4.78 is 82.2. The fourth-order valence-corrected chi connectivity index (χ4v) is 5.88. The van der Waals surface area contributed by atoms with Gasteiger partial charge in [-0.3, -0.25) is 19.4 Å². The average molecular weight is 578 g/mol. The van der Waals surface area contributed by atoms with Crippen molar-refractivity contribution in [3.05, 3.63) is 71.6 Å². The second kappa shape index (κ2) is 10.5. The van der Waals surface area contributed by atoms with Gasteiger partial charge in [0.25, 0.3) is 10.0 Å². The van der Waals surface area contributed by atoms with Crippen LogP contribution in [-0.4, -0.2) is 49.5 Å². The van der Waals surface area contributed by atoms with Gasteiger partial charge in [-0.15, -0.1) is 0 Å². The van der Waals surface area contributed by atoms with Crippen LogP contribution in [0, 0.1) is 11.6 Å². The van der Waals surface area contributed by atoms with Crippen molar-refractivity contribution in [1.82, 2.24) is 19.9 Å². The number of hydrogen-bond acceptors (Lipinski definition) is 8. The van der Waals surface area contributed by atoms with Crippen molar-refractivity contribution < 1.29 is 35.2 Å². The highest BCUT2D eigenvalue weighted by Gasteiger charge is 2.27. The molecule has 0 saturated heterocycles. The molecule has 1 amide bonds. The maximum absolute atomic E-state index is 15.2. The van der Waals surface area contributed by atoms with Gasteiger partial charge >= 0.3 is 0 Å². The molecule has 2 aromatic heterocycles. The monoisotopic (exact) mass is 577 g/mol. The third-order valence-electron chi connectivity index (χ3n) is 5.46. The van der Waals surface area contributed by atoms with E-state index in [1.165, 1.54) is 36.5 Å². The summed E-state index contributed by atoms with van der Waals surface area (Å²) in [4.78, 5) is 28.4. The van der Waals surface area contributed by atoms with Crippen LogP contribution in [-0.2, 0) is 24.8 Å². The summed E-state index contributed by atoms with van der Waals surface area (Å²) in [6.07, 6.45) is 1.67. The first-order chi connectivity index (χ1) is 18.3. The van der Waals surface area contributed by atoms with Crippen molar-refractivity contribution in [1.29, 1.82) is 0 Å². The van der Waals surface area contributed by atoms with Crippen molar-refractivity contribution in [2.45, 2.75) is 25.2 Å². The Balaban J connectivity index is 1.72. The normalized spacial score (nSPS) is 11.9. The number of fused-ring (bicyclic) bond motifs is 1. The van der Waals surface area contributed by atoms with Gasteiger partial charge in [0.1, 0.15) is 11.5 Å². The predicted octanol–water partition coefficient (Wildman–Crippen LogP) is 3.11. The molecule has 0 radical (unpaired) electrons. The molecular weight excluding hydrogens is 556 g/mol. The lowest BCUT2D eigenvalue weighted by atomic mass is 10.0. The summed E-state index contributed by atoms with van der Waals surface area (Å²) in [7, 11) is -7.97. The molecule has 2 heterocycles. The van der Waals surface area contributed by atoms with Gasteiger partial charge < -0.3 is 0 Å². The Bertz CT molecular complexity index is 1820. The molecule has 4 aromatic rings. The lowest BCUT2D eigenvalue weighted by Gasteiger charge is -2.11. The Morgan fingerprint density at radius 1 is 1.00 bits per heavy atom. The van der Waals surface area contributed by atoms with Crippen LogP contribution >= 0.6 is 0 Å². The molecule has 204 valence electrons. The molecule has 39 heavy (non-hydrogen) atoms. The molecular formula is C24H21F2N5O6S2. The number of amides is 1. The first-order valence-electron chi connectivity index (χ1n) is 11.3. The number of nitrogens with zero attached hydrogens (tertiary/aromatic N) is 2. The van der Waals surface area contributed by atoms with Crippen LogP contribution in [0.1, 0.15) is 36.3 Å². The Hall–Kier alpha value is -4.24. The maximum atomic E-state index is 15.2. The molecule has 15 heteroatoms. The average Bonchev–Trinajstić information content (AvgIpc) is 3.28. The van der Waals surface area contributed by atoms with Crippen molar-refractivity contribution in [3.8, 4) is 11.1 Å². The van der Waals surface area contributed by atoms with Gasteiger partial charge in [-0.05, 0) is 42.3 Å². The number of halogens is 2. The number of carbonyl (C=O) groups excluding carboxylic acids is 2. The minimum atomic E-state index is -4.05. The smallest absolute Gasteiger partial charge is 0.264 e. The number of H-pyrrole nitrogens is 1. The van der Waals surface area contributed by atoms with Gasteiger partial charge in [0.2, 0.25) is 21.7 Å². The quantitative estimate of drug-likeness (QED) is 0.255. The van der Waals surface area contributed by atoms with Gasteiger partial charge in [-0.1, -0.05) is 19.1 Å². The number of ketones is 1. The molecule has 4 rings (SSSR count). The summed E-state index contributed by atoms with van der Waals surface area (Å²) in [5.41, 5.74) is -0.916. The van der Waals surface area contributed by atoms with Crippen LogP contribution in [0.4, 0.5) is 14.5 Å².